The van der Waals surface area contributed by atoms with Crippen LogP contribution in [0.4, 0.5) is 8.78 Å². The van der Waals surface area contributed by atoms with Gasteiger partial charge in [-0.05, 0) is 17.7 Å². The number of hydrogen-bond acceptors (Lipinski definition) is 3. The van der Waals surface area contributed by atoms with Crippen LogP contribution in [0.5, 0.6) is 0 Å². The summed E-state index contributed by atoms with van der Waals surface area (Å²) in [5, 5.41) is 5.63. The van der Waals surface area contributed by atoms with E-state index in [0.29, 0.717) is 18.7 Å². The Hall–Kier alpha value is -2.02. The molecule has 1 aromatic carbocycles. The van der Waals surface area contributed by atoms with Crippen molar-refractivity contribution in [3.63, 3.8) is 0 Å². The lowest BCUT2D eigenvalue weighted by atomic mass is 10.1. The second-order valence-corrected chi connectivity index (χ2v) is 4.83. The van der Waals surface area contributed by atoms with Crippen LogP contribution in [0, 0.1) is 11.6 Å². The monoisotopic (exact) mass is 297 g/mol. The van der Waals surface area contributed by atoms with Crippen molar-refractivity contribution < 1.29 is 18.4 Å². The summed E-state index contributed by atoms with van der Waals surface area (Å²) in [6, 6.07) is 3.30. The molecule has 0 atom stereocenters. The van der Waals surface area contributed by atoms with E-state index >= 15 is 0 Å². The van der Waals surface area contributed by atoms with Crippen molar-refractivity contribution in [3.8, 4) is 0 Å². The highest BCUT2D eigenvalue weighted by atomic mass is 19.2. The largest absolute Gasteiger partial charge is 0.347 e. The molecule has 0 spiro atoms. The summed E-state index contributed by atoms with van der Waals surface area (Å²) in [5.41, 5.74) is 0.362. The molecule has 0 bridgehead atoms. The highest BCUT2D eigenvalue weighted by molar-refractivity contribution is 5.85. The zero-order chi connectivity index (χ0) is 15.2. The van der Waals surface area contributed by atoms with Crippen molar-refractivity contribution in [2.75, 3.05) is 32.7 Å². The normalized spacial score (nSPS) is 14.9. The Balaban J connectivity index is 1.78. The molecule has 0 aromatic heterocycles. The van der Waals surface area contributed by atoms with Crippen molar-refractivity contribution in [3.05, 3.63) is 35.4 Å². The van der Waals surface area contributed by atoms with Crippen LogP contribution in [0.15, 0.2) is 18.2 Å². The Labute approximate surface area is 121 Å². The molecule has 1 saturated heterocycles. The van der Waals surface area contributed by atoms with Crippen LogP contribution in [-0.2, 0) is 16.0 Å². The average Bonchev–Trinajstić information content (AvgIpc) is 2.49. The molecule has 1 aliphatic heterocycles. The Bertz CT molecular complexity index is 531. The number of nitrogens with one attached hydrogen (secondary N) is 2. The Morgan fingerprint density at radius 2 is 1.90 bits per heavy atom. The van der Waals surface area contributed by atoms with Gasteiger partial charge < -0.3 is 15.5 Å². The van der Waals surface area contributed by atoms with E-state index < -0.39 is 17.5 Å². The van der Waals surface area contributed by atoms with Gasteiger partial charge in [-0.2, -0.15) is 0 Å². The smallest absolute Gasteiger partial charge is 0.242 e. The second-order valence-electron chi connectivity index (χ2n) is 4.83. The number of carbonyl (C=O) groups excluding carboxylic acids is 2. The topological polar surface area (TPSA) is 61.4 Å². The van der Waals surface area contributed by atoms with E-state index in [1.807, 2.05) is 0 Å². The van der Waals surface area contributed by atoms with Gasteiger partial charge in [-0.1, -0.05) is 6.07 Å². The van der Waals surface area contributed by atoms with Gasteiger partial charge in [-0.3, -0.25) is 9.59 Å². The molecule has 114 valence electrons. The number of carbonyl (C=O) groups is 2. The molecule has 0 unspecified atom stereocenters. The Kier molecular flexibility index (Phi) is 5.21. The minimum Gasteiger partial charge on any atom is -0.347 e. The molecule has 0 radical (unpaired) electrons. The van der Waals surface area contributed by atoms with Crippen molar-refractivity contribution in [1.29, 1.82) is 0 Å². The van der Waals surface area contributed by atoms with Gasteiger partial charge in [0.05, 0.1) is 13.0 Å². The van der Waals surface area contributed by atoms with E-state index in [-0.39, 0.29) is 18.9 Å². The molecular weight excluding hydrogens is 280 g/mol. The molecule has 21 heavy (non-hydrogen) atoms. The van der Waals surface area contributed by atoms with E-state index in [2.05, 4.69) is 10.6 Å². The van der Waals surface area contributed by atoms with Crippen LogP contribution in [0.3, 0.4) is 0 Å². The van der Waals surface area contributed by atoms with Gasteiger partial charge in [-0.15, -0.1) is 0 Å². The van der Waals surface area contributed by atoms with Crippen LogP contribution in [0.2, 0.25) is 0 Å². The first-order valence-electron chi connectivity index (χ1n) is 6.75. The molecule has 2 amide bonds. The van der Waals surface area contributed by atoms with E-state index in [1.165, 1.54) is 6.07 Å². The zero-order valence-corrected chi connectivity index (χ0v) is 11.5. The predicted molar refractivity (Wildman–Crippen MR) is 72.5 cm³/mol. The molecule has 0 saturated carbocycles. The van der Waals surface area contributed by atoms with Gasteiger partial charge in [0.2, 0.25) is 11.8 Å². The number of piperazine rings is 1. The van der Waals surface area contributed by atoms with E-state index in [1.54, 1.807) is 4.90 Å². The summed E-state index contributed by atoms with van der Waals surface area (Å²) in [7, 11) is 0. The third-order valence-corrected chi connectivity index (χ3v) is 3.26. The molecule has 1 aromatic rings. The fourth-order valence-electron chi connectivity index (χ4n) is 2.10. The first kappa shape index (κ1) is 15.4. The molecule has 1 aliphatic rings. The standard InChI is InChI=1S/C14H17F2N3O2/c15-11-2-1-10(7-12(11)16)8-13(20)18-9-14(21)19-5-3-17-4-6-19/h1-2,7,17H,3-6,8-9H2,(H,18,20). The number of rotatable bonds is 4. The maximum atomic E-state index is 13.0. The molecule has 2 rings (SSSR count). The summed E-state index contributed by atoms with van der Waals surface area (Å²) in [5.74, 6) is -2.48. The molecule has 5 nitrogen and oxygen atoms in total. The molecule has 2 N–H and O–H groups in total. The van der Waals surface area contributed by atoms with E-state index in [9.17, 15) is 18.4 Å². The highest BCUT2D eigenvalue weighted by Gasteiger charge is 2.16. The van der Waals surface area contributed by atoms with Crippen LogP contribution in [0.25, 0.3) is 0 Å². The first-order chi connectivity index (χ1) is 10.1. The third kappa shape index (κ3) is 4.49. The summed E-state index contributed by atoms with van der Waals surface area (Å²) in [6.07, 6.45) is -0.0912. The molecule has 7 heteroatoms. The molecular formula is C14H17F2N3O2. The molecule has 0 aliphatic carbocycles. The number of amides is 2. The lowest BCUT2D eigenvalue weighted by molar-refractivity contribution is -0.133. The van der Waals surface area contributed by atoms with Crippen LogP contribution >= 0.6 is 0 Å². The van der Waals surface area contributed by atoms with Crippen molar-refractivity contribution in [2.24, 2.45) is 0 Å². The highest BCUT2D eigenvalue weighted by Crippen LogP contribution is 2.09. The minimum atomic E-state index is -0.989. The van der Waals surface area contributed by atoms with Gasteiger partial charge >= 0.3 is 0 Å². The minimum absolute atomic E-state index is 0.0808. The summed E-state index contributed by atoms with van der Waals surface area (Å²) >= 11 is 0. The summed E-state index contributed by atoms with van der Waals surface area (Å²) < 4.78 is 25.8. The van der Waals surface area contributed by atoms with Gasteiger partial charge in [-0.25, -0.2) is 8.78 Å². The number of halogens is 2. The first-order valence-corrected chi connectivity index (χ1v) is 6.75. The van der Waals surface area contributed by atoms with E-state index in [4.69, 9.17) is 0 Å². The predicted octanol–water partition coefficient (Wildman–Crippen LogP) is 0.0553. The fourth-order valence-corrected chi connectivity index (χ4v) is 2.10. The molecule has 1 heterocycles. The Morgan fingerprint density at radius 3 is 2.57 bits per heavy atom. The maximum absolute atomic E-state index is 13.0. The van der Waals surface area contributed by atoms with Crippen LogP contribution in [0.1, 0.15) is 5.56 Å². The third-order valence-electron chi connectivity index (χ3n) is 3.26. The van der Waals surface area contributed by atoms with Gasteiger partial charge in [0.1, 0.15) is 0 Å². The van der Waals surface area contributed by atoms with Crippen molar-refractivity contribution in [1.82, 2.24) is 15.5 Å². The lowest BCUT2D eigenvalue weighted by Gasteiger charge is -2.27. The maximum Gasteiger partial charge on any atom is 0.242 e. The van der Waals surface area contributed by atoms with Crippen LogP contribution in [-0.4, -0.2) is 49.4 Å². The van der Waals surface area contributed by atoms with Crippen molar-refractivity contribution >= 4 is 11.8 Å². The summed E-state index contributed by atoms with van der Waals surface area (Å²) in [4.78, 5) is 25.2. The molecule has 1 fully saturated rings. The number of nitrogens with zero attached hydrogens (tertiary/aromatic N) is 1. The van der Waals surface area contributed by atoms with Gasteiger partial charge in [0.15, 0.2) is 11.6 Å². The lowest BCUT2D eigenvalue weighted by Crippen LogP contribution is -2.49. The zero-order valence-electron chi connectivity index (χ0n) is 11.5. The van der Waals surface area contributed by atoms with Gasteiger partial charge in [0.25, 0.3) is 0 Å². The SMILES string of the molecule is O=C(Cc1ccc(F)c(F)c1)NCC(=O)N1CCNCC1. The second kappa shape index (κ2) is 7.12. The Morgan fingerprint density at radius 1 is 1.19 bits per heavy atom. The fraction of sp³-hybridized carbons (Fsp3) is 0.429. The van der Waals surface area contributed by atoms with Gasteiger partial charge in [0, 0.05) is 26.2 Å². The number of benzene rings is 1. The summed E-state index contributed by atoms with van der Waals surface area (Å²) in [6.45, 7) is 2.65. The van der Waals surface area contributed by atoms with Crippen molar-refractivity contribution in [2.45, 2.75) is 6.42 Å². The quantitative estimate of drug-likeness (QED) is 0.826. The van der Waals surface area contributed by atoms with Crippen LogP contribution < -0.4 is 10.6 Å². The average molecular weight is 297 g/mol. The van der Waals surface area contributed by atoms with E-state index in [0.717, 1.165) is 25.2 Å². The number of hydrogen-bond donors (Lipinski definition) is 2.